The molecule has 1 fully saturated rings. The number of sulfone groups is 1. The average Bonchev–Trinajstić information content (AvgIpc) is 2.51. The van der Waals surface area contributed by atoms with Gasteiger partial charge in [-0.15, -0.1) is 0 Å². The largest absolute Gasteiger partial charge is 0.390 e. The molecular formula is C14H21NO3S. The molecule has 1 heterocycles. The summed E-state index contributed by atoms with van der Waals surface area (Å²) < 4.78 is 23.0. The van der Waals surface area contributed by atoms with Crippen molar-refractivity contribution < 1.29 is 13.5 Å². The normalized spacial score (nSPS) is 26.3. The summed E-state index contributed by atoms with van der Waals surface area (Å²) in [5.41, 5.74) is 1.98. The standard InChI is InChI=1S/C14H21NO3S/c1-14(2,3)10-6-4-5-7-11(10)15-12-8-19(17,18)9-13(12)16/h4-7,12-13,15-16H,8-9H2,1-3H3. The van der Waals surface area contributed by atoms with Gasteiger partial charge in [0.25, 0.3) is 0 Å². The van der Waals surface area contributed by atoms with Gasteiger partial charge in [-0.25, -0.2) is 8.42 Å². The number of rotatable bonds is 2. The van der Waals surface area contributed by atoms with Crippen LogP contribution in [-0.4, -0.2) is 37.2 Å². The van der Waals surface area contributed by atoms with Gasteiger partial charge in [-0.3, -0.25) is 0 Å². The van der Waals surface area contributed by atoms with E-state index < -0.39 is 22.0 Å². The lowest BCUT2D eigenvalue weighted by Crippen LogP contribution is -2.33. The van der Waals surface area contributed by atoms with E-state index in [2.05, 4.69) is 26.1 Å². The van der Waals surface area contributed by atoms with E-state index in [1.54, 1.807) is 0 Å². The first-order valence-electron chi connectivity index (χ1n) is 6.43. The highest BCUT2D eigenvalue weighted by atomic mass is 32.2. The molecule has 1 aromatic rings. The highest BCUT2D eigenvalue weighted by Gasteiger charge is 2.36. The highest BCUT2D eigenvalue weighted by Crippen LogP contribution is 2.30. The Morgan fingerprint density at radius 1 is 1.21 bits per heavy atom. The van der Waals surface area contributed by atoms with Gasteiger partial charge in [0.05, 0.1) is 23.7 Å². The Kier molecular flexibility index (Phi) is 3.62. The molecule has 19 heavy (non-hydrogen) atoms. The Hall–Kier alpha value is -1.07. The van der Waals surface area contributed by atoms with Crippen molar-refractivity contribution in [2.45, 2.75) is 38.3 Å². The van der Waals surface area contributed by atoms with Gasteiger partial charge in [0.2, 0.25) is 0 Å². The van der Waals surface area contributed by atoms with Gasteiger partial charge in [-0.2, -0.15) is 0 Å². The summed E-state index contributed by atoms with van der Waals surface area (Å²) in [7, 11) is -3.13. The molecule has 0 aromatic heterocycles. The fraction of sp³-hybridized carbons (Fsp3) is 0.571. The van der Waals surface area contributed by atoms with Crippen LogP contribution in [0, 0.1) is 0 Å². The zero-order chi connectivity index (χ0) is 14.3. The Morgan fingerprint density at radius 3 is 2.37 bits per heavy atom. The average molecular weight is 283 g/mol. The molecule has 1 aliphatic rings. The Labute approximate surface area is 114 Å². The number of benzene rings is 1. The van der Waals surface area contributed by atoms with Crippen molar-refractivity contribution in [1.29, 1.82) is 0 Å². The van der Waals surface area contributed by atoms with E-state index in [-0.39, 0.29) is 16.9 Å². The van der Waals surface area contributed by atoms with Crippen molar-refractivity contribution in [3.05, 3.63) is 29.8 Å². The molecule has 1 saturated heterocycles. The summed E-state index contributed by atoms with van der Waals surface area (Å²) in [5, 5.41) is 13.0. The number of nitrogens with one attached hydrogen (secondary N) is 1. The van der Waals surface area contributed by atoms with E-state index in [0.29, 0.717) is 0 Å². The molecule has 1 aliphatic heterocycles. The van der Waals surface area contributed by atoms with E-state index in [9.17, 15) is 13.5 Å². The minimum atomic E-state index is -3.13. The van der Waals surface area contributed by atoms with Crippen molar-refractivity contribution in [1.82, 2.24) is 0 Å². The van der Waals surface area contributed by atoms with Crippen LogP contribution in [-0.2, 0) is 15.3 Å². The van der Waals surface area contributed by atoms with Crippen molar-refractivity contribution in [2.24, 2.45) is 0 Å². The second-order valence-corrected chi connectivity index (χ2v) is 8.34. The highest BCUT2D eigenvalue weighted by molar-refractivity contribution is 7.91. The first-order chi connectivity index (χ1) is 8.69. The van der Waals surface area contributed by atoms with Crippen molar-refractivity contribution in [3.8, 4) is 0 Å². The molecule has 2 N–H and O–H groups in total. The van der Waals surface area contributed by atoms with Crippen molar-refractivity contribution >= 4 is 15.5 Å². The number of hydrogen-bond acceptors (Lipinski definition) is 4. The van der Waals surface area contributed by atoms with Crippen LogP contribution in [0.4, 0.5) is 5.69 Å². The van der Waals surface area contributed by atoms with E-state index >= 15 is 0 Å². The van der Waals surface area contributed by atoms with Crippen LogP contribution in [0.1, 0.15) is 26.3 Å². The lowest BCUT2D eigenvalue weighted by atomic mass is 9.85. The molecule has 0 saturated carbocycles. The van der Waals surface area contributed by atoms with E-state index in [1.807, 2.05) is 24.3 Å². The van der Waals surface area contributed by atoms with Gasteiger partial charge in [0.15, 0.2) is 9.84 Å². The number of anilines is 1. The maximum atomic E-state index is 11.5. The Bertz CT molecular complexity index is 560. The molecule has 0 aliphatic carbocycles. The minimum absolute atomic E-state index is 0.00730. The zero-order valence-electron chi connectivity index (χ0n) is 11.6. The van der Waals surface area contributed by atoms with Crippen LogP contribution in [0.15, 0.2) is 24.3 Å². The molecular weight excluding hydrogens is 262 g/mol. The van der Waals surface area contributed by atoms with Crippen LogP contribution in [0.2, 0.25) is 0 Å². The topological polar surface area (TPSA) is 66.4 Å². The summed E-state index contributed by atoms with van der Waals surface area (Å²) in [4.78, 5) is 0. The second-order valence-electron chi connectivity index (χ2n) is 6.19. The van der Waals surface area contributed by atoms with Crippen molar-refractivity contribution in [2.75, 3.05) is 16.8 Å². The van der Waals surface area contributed by atoms with Gasteiger partial charge in [0, 0.05) is 5.69 Å². The van der Waals surface area contributed by atoms with Crippen LogP contribution >= 0.6 is 0 Å². The first-order valence-corrected chi connectivity index (χ1v) is 8.26. The minimum Gasteiger partial charge on any atom is -0.390 e. The van der Waals surface area contributed by atoms with Crippen molar-refractivity contribution in [3.63, 3.8) is 0 Å². The number of para-hydroxylation sites is 1. The second kappa shape index (κ2) is 4.80. The zero-order valence-corrected chi connectivity index (χ0v) is 12.4. The first kappa shape index (κ1) is 14.3. The third kappa shape index (κ3) is 3.28. The fourth-order valence-corrected chi connectivity index (χ4v) is 4.17. The van der Waals surface area contributed by atoms with Gasteiger partial charge in [-0.1, -0.05) is 39.0 Å². The van der Waals surface area contributed by atoms with Crippen LogP contribution in [0.3, 0.4) is 0 Å². The van der Waals surface area contributed by atoms with Gasteiger partial charge >= 0.3 is 0 Å². The summed E-state index contributed by atoms with van der Waals surface area (Å²) in [6.07, 6.45) is -0.835. The molecule has 4 nitrogen and oxygen atoms in total. The SMILES string of the molecule is CC(C)(C)c1ccccc1NC1CS(=O)(=O)CC1O. The predicted octanol–water partition coefficient (Wildman–Crippen LogP) is 1.55. The number of aliphatic hydroxyl groups excluding tert-OH is 1. The van der Waals surface area contributed by atoms with Gasteiger partial charge in [0.1, 0.15) is 0 Å². The molecule has 0 amide bonds. The molecule has 1 aromatic carbocycles. The van der Waals surface area contributed by atoms with E-state index in [4.69, 9.17) is 0 Å². The molecule has 0 bridgehead atoms. The van der Waals surface area contributed by atoms with Gasteiger partial charge in [-0.05, 0) is 17.0 Å². The van der Waals surface area contributed by atoms with Crippen LogP contribution in [0.5, 0.6) is 0 Å². The smallest absolute Gasteiger partial charge is 0.155 e. The number of hydrogen-bond donors (Lipinski definition) is 2. The lowest BCUT2D eigenvalue weighted by Gasteiger charge is -2.26. The molecule has 2 atom stereocenters. The molecule has 106 valence electrons. The number of aliphatic hydroxyl groups is 1. The quantitative estimate of drug-likeness (QED) is 0.864. The Morgan fingerprint density at radius 2 is 1.84 bits per heavy atom. The van der Waals surface area contributed by atoms with Gasteiger partial charge < -0.3 is 10.4 Å². The molecule has 2 unspecified atom stereocenters. The Balaban J connectivity index is 2.26. The van der Waals surface area contributed by atoms with E-state index in [1.165, 1.54) is 0 Å². The van der Waals surface area contributed by atoms with Crippen LogP contribution in [0.25, 0.3) is 0 Å². The third-order valence-electron chi connectivity index (χ3n) is 3.40. The molecule has 0 radical (unpaired) electrons. The lowest BCUT2D eigenvalue weighted by molar-refractivity contribution is 0.190. The maximum Gasteiger partial charge on any atom is 0.155 e. The maximum absolute atomic E-state index is 11.5. The molecule has 2 rings (SSSR count). The molecule has 0 spiro atoms. The molecule has 5 heteroatoms. The summed E-state index contributed by atoms with van der Waals surface area (Å²) in [6, 6.07) is 7.41. The monoisotopic (exact) mass is 283 g/mol. The fourth-order valence-electron chi connectivity index (χ4n) is 2.43. The summed E-state index contributed by atoms with van der Waals surface area (Å²) >= 11 is 0. The summed E-state index contributed by atoms with van der Waals surface area (Å²) in [6.45, 7) is 6.32. The van der Waals surface area contributed by atoms with E-state index in [0.717, 1.165) is 11.3 Å². The summed E-state index contributed by atoms with van der Waals surface area (Å²) in [5.74, 6) is -0.158. The third-order valence-corrected chi connectivity index (χ3v) is 5.11. The predicted molar refractivity (Wildman–Crippen MR) is 77.2 cm³/mol. The van der Waals surface area contributed by atoms with Crippen LogP contribution < -0.4 is 5.32 Å².